The number of aryl methyl sites for hydroxylation is 1. The predicted molar refractivity (Wildman–Crippen MR) is 114 cm³/mol. The number of piperazine rings is 1. The number of carbonyl (C=O) groups is 2. The van der Waals surface area contributed by atoms with Crippen LogP contribution in [0.25, 0.3) is 0 Å². The average Bonchev–Trinajstić information content (AvgIpc) is 2.80. The number of nitrogens with zero attached hydrogens (tertiary/aromatic N) is 5. The van der Waals surface area contributed by atoms with Gasteiger partial charge >= 0.3 is 0 Å². The van der Waals surface area contributed by atoms with Crippen molar-refractivity contribution >= 4 is 23.5 Å². The van der Waals surface area contributed by atoms with E-state index >= 15 is 0 Å². The molecular weight excluding hydrogens is 380 g/mol. The van der Waals surface area contributed by atoms with Crippen molar-refractivity contribution in [2.24, 2.45) is 0 Å². The summed E-state index contributed by atoms with van der Waals surface area (Å²) in [4.78, 5) is 42.1. The Morgan fingerprint density at radius 2 is 1.67 bits per heavy atom. The van der Waals surface area contributed by atoms with Gasteiger partial charge in [-0.05, 0) is 31.2 Å². The van der Waals surface area contributed by atoms with Gasteiger partial charge in [-0.1, -0.05) is 24.3 Å². The summed E-state index contributed by atoms with van der Waals surface area (Å²) in [6.45, 7) is 4.16. The zero-order valence-electron chi connectivity index (χ0n) is 16.7. The molecule has 0 saturated carbocycles. The van der Waals surface area contributed by atoms with Crippen molar-refractivity contribution in [2.75, 3.05) is 36.4 Å². The van der Waals surface area contributed by atoms with Crippen molar-refractivity contribution in [1.82, 2.24) is 19.9 Å². The predicted octanol–water partition coefficient (Wildman–Crippen LogP) is 2.39. The Balaban J connectivity index is 1.43. The van der Waals surface area contributed by atoms with E-state index in [2.05, 4.69) is 20.3 Å². The van der Waals surface area contributed by atoms with Crippen LogP contribution in [0.1, 0.15) is 26.5 Å². The van der Waals surface area contributed by atoms with Gasteiger partial charge in [0.1, 0.15) is 11.6 Å². The second kappa shape index (κ2) is 8.69. The van der Waals surface area contributed by atoms with Gasteiger partial charge in [-0.3, -0.25) is 14.6 Å². The van der Waals surface area contributed by atoms with Crippen LogP contribution in [0.5, 0.6) is 0 Å². The minimum atomic E-state index is -0.349. The molecule has 1 fully saturated rings. The molecule has 1 saturated heterocycles. The van der Waals surface area contributed by atoms with Crippen LogP contribution in [0.4, 0.5) is 11.6 Å². The maximum absolute atomic E-state index is 12.6. The maximum atomic E-state index is 12.6. The molecule has 1 aliphatic rings. The van der Waals surface area contributed by atoms with Crippen molar-refractivity contribution in [3.05, 3.63) is 77.9 Å². The molecule has 8 heteroatoms. The largest absolute Gasteiger partial charge is 0.352 e. The van der Waals surface area contributed by atoms with Crippen molar-refractivity contribution < 1.29 is 9.59 Å². The molecule has 2 aromatic heterocycles. The number of benzene rings is 1. The van der Waals surface area contributed by atoms with Crippen LogP contribution >= 0.6 is 0 Å². The van der Waals surface area contributed by atoms with Crippen LogP contribution < -0.4 is 10.2 Å². The Morgan fingerprint density at radius 3 is 2.37 bits per heavy atom. The van der Waals surface area contributed by atoms with Gasteiger partial charge in [0.2, 0.25) is 0 Å². The Morgan fingerprint density at radius 1 is 0.933 bits per heavy atom. The number of amides is 2. The second-order valence-corrected chi connectivity index (χ2v) is 6.98. The van der Waals surface area contributed by atoms with E-state index in [-0.39, 0.29) is 17.5 Å². The van der Waals surface area contributed by atoms with Gasteiger partial charge in [0.15, 0.2) is 5.69 Å². The Labute approximate surface area is 174 Å². The molecule has 2 amide bonds. The smallest absolute Gasteiger partial charge is 0.277 e. The molecule has 4 rings (SSSR count). The lowest BCUT2D eigenvalue weighted by molar-refractivity contribution is 0.0746. The van der Waals surface area contributed by atoms with Crippen LogP contribution in [0.3, 0.4) is 0 Å². The van der Waals surface area contributed by atoms with E-state index < -0.39 is 0 Å². The van der Waals surface area contributed by atoms with Crippen LogP contribution in [0.15, 0.2) is 60.9 Å². The summed E-state index contributed by atoms with van der Waals surface area (Å²) < 4.78 is 0. The van der Waals surface area contributed by atoms with Crippen LogP contribution in [-0.4, -0.2) is 57.8 Å². The fourth-order valence-corrected chi connectivity index (χ4v) is 3.32. The number of hydrogen-bond donors (Lipinski definition) is 1. The van der Waals surface area contributed by atoms with Crippen molar-refractivity contribution in [1.29, 1.82) is 0 Å². The standard InChI is InChI=1S/C22H22N6O2/c1-16-20(21(29)25-18-9-5-6-10-23-18)26-19(15-24-16)27-11-13-28(14-12-27)22(30)17-7-3-2-4-8-17/h2-10,15H,11-14H2,1H3,(H,23,25,29). The van der Waals surface area contributed by atoms with E-state index in [0.717, 1.165) is 0 Å². The molecule has 3 aromatic rings. The molecule has 1 aliphatic heterocycles. The third-order valence-corrected chi connectivity index (χ3v) is 4.98. The lowest BCUT2D eigenvalue weighted by Crippen LogP contribution is -2.49. The third-order valence-electron chi connectivity index (χ3n) is 4.98. The highest BCUT2D eigenvalue weighted by Gasteiger charge is 2.24. The molecule has 1 aromatic carbocycles. The summed E-state index contributed by atoms with van der Waals surface area (Å²) >= 11 is 0. The average molecular weight is 402 g/mol. The molecule has 0 bridgehead atoms. The van der Waals surface area contributed by atoms with E-state index in [0.29, 0.717) is 49.1 Å². The first-order chi connectivity index (χ1) is 14.6. The highest BCUT2D eigenvalue weighted by atomic mass is 16.2. The highest BCUT2D eigenvalue weighted by Crippen LogP contribution is 2.17. The Bertz CT molecular complexity index is 1030. The molecule has 152 valence electrons. The number of pyridine rings is 1. The summed E-state index contributed by atoms with van der Waals surface area (Å²) in [5, 5.41) is 2.75. The van der Waals surface area contributed by atoms with Crippen molar-refractivity contribution in [3.8, 4) is 0 Å². The Kier molecular flexibility index (Phi) is 5.65. The number of carbonyl (C=O) groups excluding carboxylic acids is 2. The SMILES string of the molecule is Cc1ncc(N2CCN(C(=O)c3ccccc3)CC2)nc1C(=O)Nc1ccccn1. The fraction of sp³-hybridized carbons (Fsp3) is 0.227. The lowest BCUT2D eigenvalue weighted by Gasteiger charge is -2.35. The molecule has 0 unspecified atom stereocenters. The minimum Gasteiger partial charge on any atom is -0.352 e. The molecule has 0 atom stereocenters. The van der Waals surface area contributed by atoms with Gasteiger partial charge < -0.3 is 15.1 Å². The molecule has 0 spiro atoms. The van der Waals surface area contributed by atoms with Gasteiger partial charge in [0, 0.05) is 37.9 Å². The summed E-state index contributed by atoms with van der Waals surface area (Å²) in [6.07, 6.45) is 3.28. The first-order valence-electron chi connectivity index (χ1n) is 9.77. The summed E-state index contributed by atoms with van der Waals surface area (Å²) in [6, 6.07) is 14.6. The summed E-state index contributed by atoms with van der Waals surface area (Å²) in [7, 11) is 0. The van der Waals surface area contributed by atoms with E-state index in [4.69, 9.17) is 0 Å². The van der Waals surface area contributed by atoms with E-state index in [1.165, 1.54) is 0 Å². The minimum absolute atomic E-state index is 0.0284. The molecule has 0 radical (unpaired) electrons. The van der Waals surface area contributed by atoms with Crippen LogP contribution in [0, 0.1) is 6.92 Å². The first kappa shape index (κ1) is 19.5. The molecular formula is C22H22N6O2. The molecule has 8 nitrogen and oxygen atoms in total. The second-order valence-electron chi connectivity index (χ2n) is 6.98. The normalized spacial score (nSPS) is 13.8. The number of anilines is 2. The van der Waals surface area contributed by atoms with Crippen LogP contribution in [0.2, 0.25) is 0 Å². The van der Waals surface area contributed by atoms with E-state index in [1.54, 1.807) is 37.5 Å². The lowest BCUT2D eigenvalue weighted by atomic mass is 10.2. The maximum Gasteiger partial charge on any atom is 0.277 e. The topological polar surface area (TPSA) is 91.3 Å². The van der Waals surface area contributed by atoms with E-state index in [1.807, 2.05) is 40.1 Å². The number of hydrogen-bond acceptors (Lipinski definition) is 6. The monoisotopic (exact) mass is 402 g/mol. The van der Waals surface area contributed by atoms with Gasteiger partial charge in [-0.25, -0.2) is 9.97 Å². The quantitative estimate of drug-likeness (QED) is 0.721. The number of nitrogens with one attached hydrogen (secondary N) is 1. The van der Waals surface area contributed by atoms with Gasteiger partial charge in [-0.15, -0.1) is 0 Å². The Hall–Kier alpha value is -3.81. The molecule has 3 heterocycles. The zero-order chi connectivity index (χ0) is 20.9. The summed E-state index contributed by atoms with van der Waals surface area (Å²) in [5.41, 5.74) is 1.50. The fourth-order valence-electron chi connectivity index (χ4n) is 3.32. The van der Waals surface area contributed by atoms with E-state index in [9.17, 15) is 9.59 Å². The molecule has 0 aliphatic carbocycles. The van der Waals surface area contributed by atoms with Crippen molar-refractivity contribution in [2.45, 2.75) is 6.92 Å². The zero-order valence-corrected chi connectivity index (χ0v) is 16.7. The first-order valence-corrected chi connectivity index (χ1v) is 9.77. The highest BCUT2D eigenvalue weighted by molar-refractivity contribution is 6.03. The summed E-state index contributed by atoms with van der Waals surface area (Å²) in [5.74, 6) is 0.764. The van der Waals surface area contributed by atoms with Crippen LogP contribution in [-0.2, 0) is 0 Å². The van der Waals surface area contributed by atoms with Crippen molar-refractivity contribution in [3.63, 3.8) is 0 Å². The van der Waals surface area contributed by atoms with Gasteiger partial charge in [0.25, 0.3) is 11.8 Å². The molecule has 1 N–H and O–H groups in total. The molecule has 30 heavy (non-hydrogen) atoms. The third kappa shape index (κ3) is 4.27. The number of aromatic nitrogens is 3. The number of rotatable bonds is 4. The van der Waals surface area contributed by atoms with Gasteiger partial charge in [-0.2, -0.15) is 0 Å². The van der Waals surface area contributed by atoms with Gasteiger partial charge in [0.05, 0.1) is 11.9 Å².